The Labute approximate surface area is 281 Å². The monoisotopic (exact) mass is 667 g/mol. The Morgan fingerprint density at radius 3 is 2.60 bits per heavy atom. The number of fused-ring (bicyclic) bond motifs is 4. The molecule has 1 aliphatic carbocycles. The third kappa shape index (κ3) is 6.56. The van der Waals surface area contributed by atoms with Crippen LogP contribution in [0.3, 0.4) is 0 Å². The fourth-order valence-corrected chi connectivity index (χ4v) is 6.97. The smallest absolute Gasteiger partial charge is 0.226 e. The highest BCUT2D eigenvalue weighted by Crippen LogP contribution is 2.50. The number of rotatable bonds is 11. The SMILES string of the molecule is COc1cc2c(c(OC)c1OC)-c1ccc(NCCCC(=O)Nc3nc(-c4c[nH]c5ccccc45)cs3)c(=O)cc1[C@@H](NC(C)=O)CC2. The summed E-state index contributed by atoms with van der Waals surface area (Å²) in [6, 6.07) is 14.7. The number of aryl methyl sites for hydroxylation is 1. The van der Waals surface area contributed by atoms with Crippen LogP contribution in [-0.2, 0) is 16.0 Å². The minimum absolute atomic E-state index is 0.157. The molecule has 6 rings (SSSR count). The number of aromatic amines is 1. The van der Waals surface area contributed by atoms with E-state index < -0.39 is 6.04 Å². The lowest BCUT2D eigenvalue weighted by Gasteiger charge is -2.19. The Morgan fingerprint density at radius 1 is 1.02 bits per heavy atom. The van der Waals surface area contributed by atoms with Crippen molar-refractivity contribution in [3.63, 3.8) is 0 Å². The number of hydrogen-bond donors (Lipinski definition) is 4. The predicted molar refractivity (Wildman–Crippen MR) is 188 cm³/mol. The van der Waals surface area contributed by atoms with Gasteiger partial charge in [0.1, 0.15) is 0 Å². The summed E-state index contributed by atoms with van der Waals surface area (Å²) in [6.45, 7) is 1.86. The first-order valence-corrected chi connectivity index (χ1v) is 16.5. The number of H-pyrrole nitrogens is 1. The number of para-hydroxylation sites is 1. The number of carbonyl (C=O) groups is 2. The predicted octanol–water partition coefficient (Wildman–Crippen LogP) is 6.30. The van der Waals surface area contributed by atoms with E-state index in [1.807, 2.05) is 48.0 Å². The van der Waals surface area contributed by atoms with Crippen molar-refractivity contribution in [1.82, 2.24) is 15.3 Å². The van der Waals surface area contributed by atoms with Crippen LogP contribution in [-0.4, -0.2) is 49.7 Å². The van der Waals surface area contributed by atoms with E-state index in [1.54, 1.807) is 33.5 Å². The zero-order valence-corrected chi connectivity index (χ0v) is 28.0. The van der Waals surface area contributed by atoms with Gasteiger partial charge in [0.15, 0.2) is 16.6 Å². The van der Waals surface area contributed by atoms with E-state index in [0.29, 0.717) is 59.4 Å². The Hall–Kier alpha value is -5.36. The molecule has 248 valence electrons. The number of methoxy groups -OCH3 is 3. The van der Waals surface area contributed by atoms with Crippen LogP contribution in [0.1, 0.15) is 43.4 Å². The van der Waals surface area contributed by atoms with Gasteiger partial charge in [0.2, 0.25) is 23.0 Å². The van der Waals surface area contributed by atoms with Crippen LogP contribution in [0.5, 0.6) is 17.2 Å². The molecule has 0 unspecified atom stereocenters. The third-order valence-electron chi connectivity index (χ3n) is 8.43. The summed E-state index contributed by atoms with van der Waals surface area (Å²) in [6.07, 6.45) is 3.85. The molecule has 0 radical (unpaired) electrons. The van der Waals surface area contributed by atoms with Gasteiger partial charge in [0.25, 0.3) is 0 Å². The van der Waals surface area contributed by atoms with Crippen molar-refractivity contribution in [2.45, 2.75) is 38.6 Å². The van der Waals surface area contributed by atoms with E-state index in [9.17, 15) is 14.4 Å². The van der Waals surface area contributed by atoms with E-state index in [2.05, 4.69) is 25.9 Å². The molecule has 0 spiro atoms. The molecular weight excluding hydrogens is 630 g/mol. The fourth-order valence-electron chi connectivity index (χ4n) is 6.25. The molecule has 1 aliphatic rings. The van der Waals surface area contributed by atoms with Crippen molar-refractivity contribution in [3.05, 3.63) is 81.5 Å². The number of nitrogens with one attached hydrogen (secondary N) is 4. The van der Waals surface area contributed by atoms with Crippen molar-refractivity contribution in [2.75, 3.05) is 38.5 Å². The molecule has 12 heteroatoms. The molecule has 2 aromatic heterocycles. The Kier molecular flexibility index (Phi) is 9.62. The molecule has 0 saturated carbocycles. The van der Waals surface area contributed by atoms with Crippen LogP contribution in [0.25, 0.3) is 33.3 Å². The first-order chi connectivity index (χ1) is 23.3. The highest BCUT2D eigenvalue weighted by molar-refractivity contribution is 7.14. The maximum atomic E-state index is 13.5. The number of aromatic nitrogens is 2. The molecule has 1 atom stereocenters. The lowest BCUT2D eigenvalue weighted by molar-refractivity contribution is -0.119. The van der Waals surface area contributed by atoms with Crippen LogP contribution in [0, 0.1) is 0 Å². The molecule has 5 aromatic rings. The number of carbonyl (C=O) groups excluding carboxylic acids is 2. The lowest BCUT2D eigenvalue weighted by Crippen LogP contribution is -2.26. The summed E-state index contributed by atoms with van der Waals surface area (Å²) < 4.78 is 17.1. The second-order valence-corrected chi connectivity index (χ2v) is 12.3. The Bertz CT molecular complexity index is 2060. The second-order valence-electron chi connectivity index (χ2n) is 11.5. The lowest BCUT2D eigenvalue weighted by atomic mass is 9.95. The van der Waals surface area contributed by atoms with Gasteiger partial charge in [-0.1, -0.05) is 24.3 Å². The topological polar surface area (TPSA) is 144 Å². The summed E-state index contributed by atoms with van der Waals surface area (Å²) in [5.41, 5.74) is 6.13. The minimum atomic E-state index is -0.398. The quantitative estimate of drug-likeness (QED) is 0.120. The molecule has 2 amide bonds. The summed E-state index contributed by atoms with van der Waals surface area (Å²) >= 11 is 1.38. The van der Waals surface area contributed by atoms with E-state index in [4.69, 9.17) is 14.2 Å². The summed E-state index contributed by atoms with van der Waals surface area (Å²) in [5.74, 6) is 1.12. The van der Waals surface area contributed by atoms with Gasteiger partial charge in [-0.25, -0.2) is 4.98 Å². The maximum absolute atomic E-state index is 13.5. The molecule has 0 aliphatic heterocycles. The molecule has 0 fully saturated rings. The number of thiazole rings is 1. The molecule has 0 saturated heterocycles. The summed E-state index contributed by atoms with van der Waals surface area (Å²) in [4.78, 5) is 46.4. The first-order valence-electron chi connectivity index (χ1n) is 15.6. The molecule has 11 nitrogen and oxygen atoms in total. The largest absolute Gasteiger partial charge is 0.493 e. The molecule has 2 heterocycles. The number of amides is 2. The summed E-state index contributed by atoms with van der Waals surface area (Å²) in [7, 11) is 4.68. The van der Waals surface area contributed by atoms with E-state index >= 15 is 0 Å². The Balaban J connectivity index is 1.18. The van der Waals surface area contributed by atoms with Crippen LogP contribution in [0.4, 0.5) is 10.8 Å². The molecule has 0 bridgehead atoms. The standard InChI is InChI=1S/C36H37N5O6S/c1-20(42)39-27-13-11-21-16-31(45-2)34(46-3)35(47-4)33(21)23-12-14-28(30(43)17-24(23)27)37-15-7-10-32(44)41-36-40-29(19-48-36)25-18-38-26-9-6-5-8-22(25)26/h5-6,8-9,12,14,16-19,27,38H,7,10-11,13,15H2,1-4H3,(H,37,43)(H,39,42)(H,40,41,44)/t27-/m0/s1. The van der Waals surface area contributed by atoms with Gasteiger partial charge in [0, 0.05) is 53.5 Å². The van der Waals surface area contributed by atoms with Crippen LogP contribution < -0.4 is 35.6 Å². The van der Waals surface area contributed by atoms with E-state index in [-0.39, 0.29) is 23.7 Å². The maximum Gasteiger partial charge on any atom is 0.226 e. The molecule has 48 heavy (non-hydrogen) atoms. The third-order valence-corrected chi connectivity index (χ3v) is 9.19. The van der Waals surface area contributed by atoms with E-state index in [0.717, 1.165) is 38.9 Å². The van der Waals surface area contributed by atoms with Crippen LogP contribution in [0.15, 0.2) is 64.9 Å². The highest BCUT2D eigenvalue weighted by atomic mass is 32.1. The van der Waals surface area contributed by atoms with Gasteiger partial charge >= 0.3 is 0 Å². The van der Waals surface area contributed by atoms with Crippen molar-refractivity contribution in [1.29, 1.82) is 0 Å². The minimum Gasteiger partial charge on any atom is -0.493 e. The van der Waals surface area contributed by atoms with Crippen LogP contribution in [0.2, 0.25) is 0 Å². The number of anilines is 2. The second kappa shape index (κ2) is 14.2. The average molecular weight is 668 g/mol. The van der Waals surface area contributed by atoms with Crippen molar-refractivity contribution < 1.29 is 23.8 Å². The zero-order chi connectivity index (χ0) is 33.8. The average Bonchev–Trinajstić information content (AvgIpc) is 3.65. The number of ether oxygens (including phenoxy) is 3. The number of hydrogen-bond acceptors (Lipinski definition) is 9. The van der Waals surface area contributed by atoms with Gasteiger partial charge in [-0.15, -0.1) is 11.3 Å². The Morgan fingerprint density at radius 2 is 1.83 bits per heavy atom. The number of benzene rings is 2. The molecule has 4 N–H and O–H groups in total. The normalized spacial score (nSPS) is 13.5. The van der Waals surface area contributed by atoms with Gasteiger partial charge in [-0.2, -0.15) is 0 Å². The molecular formula is C36H37N5O6S. The zero-order valence-electron chi connectivity index (χ0n) is 27.2. The first kappa shape index (κ1) is 32.6. The fraction of sp³-hybridized carbons (Fsp3) is 0.278. The van der Waals surface area contributed by atoms with Gasteiger partial charge in [-0.05, 0) is 60.2 Å². The van der Waals surface area contributed by atoms with Crippen molar-refractivity contribution in [2.24, 2.45) is 0 Å². The van der Waals surface area contributed by atoms with Crippen molar-refractivity contribution in [3.8, 4) is 39.6 Å². The summed E-state index contributed by atoms with van der Waals surface area (Å²) in [5, 5.41) is 12.7. The van der Waals surface area contributed by atoms with Gasteiger partial charge < -0.3 is 35.1 Å². The highest BCUT2D eigenvalue weighted by Gasteiger charge is 2.29. The van der Waals surface area contributed by atoms with Gasteiger partial charge in [0.05, 0.1) is 38.8 Å². The van der Waals surface area contributed by atoms with Crippen LogP contribution >= 0.6 is 11.3 Å². The van der Waals surface area contributed by atoms with Gasteiger partial charge in [-0.3, -0.25) is 14.4 Å². The molecule has 3 aromatic carbocycles. The van der Waals surface area contributed by atoms with Crippen molar-refractivity contribution >= 4 is 44.9 Å². The number of nitrogens with zero attached hydrogens (tertiary/aromatic N) is 1. The van der Waals surface area contributed by atoms with E-state index in [1.165, 1.54) is 18.3 Å².